The Kier molecular flexibility index (Phi) is 4.05. The second-order valence-electron chi connectivity index (χ2n) is 4.46. The fourth-order valence-electron chi connectivity index (χ4n) is 2.11. The van der Waals surface area contributed by atoms with E-state index in [2.05, 4.69) is 22.6 Å². The van der Waals surface area contributed by atoms with Gasteiger partial charge in [0.05, 0.1) is 12.7 Å². The predicted molar refractivity (Wildman–Crippen MR) is 73.8 cm³/mol. The van der Waals surface area contributed by atoms with Crippen LogP contribution in [0, 0.1) is 0 Å². The summed E-state index contributed by atoms with van der Waals surface area (Å²) >= 11 is 0. The summed E-state index contributed by atoms with van der Waals surface area (Å²) in [6.45, 7) is 6.63. The average Bonchev–Trinajstić information content (AvgIpc) is 2.38. The molecular formula is C15H18N2O. The highest BCUT2D eigenvalue weighted by molar-refractivity contribution is 5.73. The number of ether oxygens (including phenoxy) is 1. The van der Waals surface area contributed by atoms with Gasteiger partial charge in [0.2, 0.25) is 0 Å². The summed E-state index contributed by atoms with van der Waals surface area (Å²) in [6.07, 6.45) is 8.42. The third kappa shape index (κ3) is 2.74. The number of nitrogens with zero attached hydrogens (tertiary/aromatic N) is 2. The molecule has 18 heavy (non-hydrogen) atoms. The van der Waals surface area contributed by atoms with Crippen LogP contribution in [0.1, 0.15) is 18.1 Å². The van der Waals surface area contributed by atoms with E-state index in [4.69, 9.17) is 4.74 Å². The Hall–Kier alpha value is -1.74. The quantitative estimate of drug-likeness (QED) is 0.603. The molecule has 0 saturated heterocycles. The molecule has 0 amide bonds. The maximum absolute atomic E-state index is 5.89. The molecule has 2 rings (SSSR count). The molecule has 0 radical (unpaired) electrons. The first-order valence-corrected chi connectivity index (χ1v) is 6.04. The van der Waals surface area contributed by atoms with Crippen molar-refractivity contribution < 1.29 is 4.74 Å². The van der Waals surface area contributed by atoms with Gasteiger partial charge in [-0.1, -0.05) is 12.2 Å². The molecule has 0 saturated carbocycles. The number of aliphatic imine (C=N–C) groups is 1. The number of fused-ring (bicyclic) bond motifs is 1. The zero-order valence-corrected chi connectivity index (χ0v) is 10.9. The van der Waals surface area contributed by atoms with Crippen molar-refractivity contribution in [1.82, 2.24) is 4.98 Å². The molecular weight excluding hydrogens is 224 g/mol. The van der Waals surface area contributed by atoms with Gasteiger partial charge in [-0.25, -0.2) is 0 Å². The monoisotopic (exact) mass is 242 g/mol. The van der Waals surface area contributed by atoms with Crippen LogP contribution in [0.2, 0.25) is 0 Å². The minimum Gasteiger partial charge on any atom is -0.368 e. The van der Waals surface area contributed by atoms with Crippen molar-refractivity contribution in [2.45, 2.75) is 26.1 Å². The second-order valence-corrected chi connectivity index (χ2v) is 4.46. The van der Waals surface area contributed by atoms with E-state index < -0.39 is 0 Å². The highest BCUT2D eigenvalue weighted by Gasteiger charge is 2.22. The van der Waals surface area contributed by atoms with Crippen LogP contribution >= 0.6 is 0 Å². The summed E-state index contributed by atoms with van der Waals surface area (Å²) in [7, 11) is 1.76. The maximum atomic E-state index is 5.89. The molecule has 1 aromatic heterocycles. The molecule has 1 atom stereocenters. The van der Waals surface area contributed by atoms with E-state index in [0.717, 1.165) is 17.6 Å². The zero-order valence-electron chi connectivity index (χ0n) is 10.9. The zero-order chi connectivity index (χ0) is 13.0. The lowest BCUT2D eigenvalue weighted by atomic mass is 9.93. The summed E-state index contributed by atoms with van der Waals surface area (Å²) in [6, 6.07) is 2.06. The lowest BCUT2D eigenvalue weighted by Gasteiger charge is -2.27. The first-order valence-electron chi connectivity index (χ1n) is 6.04. The lowest BCUT2D eigenvalue weighted by molar-refractivity contribution is 0.0533. The number of hydrogen-bond acceptors (Lipinski definition) is 3. The Morgan fingerprint density at radius 2 is 2.39 bits per heavy atom. The van der Waals surface area contributed by atoms with Crippen LogP contribution in [0.3, 0.4) is 0 Å². The van der Waals surface area contributed by atoms with E-state index in [1.54, 1.807) is 13.3 Å². The van der Waals surface area contributed by atoms with Crippen LogP contribution in [0.15, 0.2) is 47.3 Å². The molecule has 0 spiro atoms. The lowest BCUT2D eigenvalue weighted by Crippen LogP contribution is -2.25. The first-order chi connectivity index (χ1) is 8.72. The van der Waals surface area contributed by atoms with E-state index in [-0.39, 0.29) is 6.10 Å². The van der Waals surface area contributed by atoms with Crippen molar-refractivity contribution in [2.24, 2.45) is 4.99 Å². The van der Waals surface area contributed by atoms with Gasteiger partial charge in [-0.15, -0.1) is 0 Å². The largest absolute Gasteiger partial charge is 0.368 e. The van der Waals surface area contributed by atoms with Gasteiger partial charge in [0, 0.05) is 32.1 Å². The molecule has 94 valence electrons. The Morgan fingerprint density at radius 3 is 3.11 bits per heavy atom. The van der Waals surface area contributed by atoms with Gasteiger partial charge >= 0.3 is 0 Å². The molecule has 1 aliphatic rings. The van der Waals surface area contributed by atoms with Crippen LogP contribution in [-0.4, -0.2) is 24.4 Å². The number of aromatic nitrogens is 1. The second kappa shape index (κ2) is 5.74. The van der Waals surface area contributed by atoms with Gasteiger partial charge in [-0.05, 0) is 35.8 Å². The molecule has 0 aromatic carbocycles. The summed E-state index contributed by atoms with van der Waals surface area (Å²) in [5.74, 6) is 0. The summed E-state index contributed by atoms with van der Waals surface area (Å²) in [5, 5.41) is 0. The number of allylic oxidation sites excluding steroid dienone is 1. The molecule has 3 nitrogen and oxygen atoms in total. The Balaban J connectivity index is 2.23. The van der Waals surface area contributed by atoms with E-state index >= 15 is 0 Å². The fourth-order valence-corrected chi connectivity index (χ4v) is 2.11. The van der Waals surface area contributed by atoms with Gasteiger partial charge in [0.1, 0.15) is 0 Å². The molecule has 0 fully saturated rings. The van der Waals surface area contributed by atoms with Crippen LogP contribution in [0.5, 0.6) is 0 Å². The Bertz CT molecular complexity index is 503. The Labute approximate surface area is 108 Å². The van der Waals surface area contributed by atoms with E-state index in [0.29, 0.717) is 6.61 Å². The van der Waals surface area contributed by atoms with E-state index in [1.807, 2.05) is 25.4 Å². The molecule has 1 aromatic rings. The average molecular weight is 242 g/mol. The minimum absolute atomic E-state index is 0.0652. The third-order valence-electron chi connectivity index (χ3n) is 3.09. The van der Waals surface area contributed by atoms with E-state index in [1.165, 1.54) is 11.1 Å². The molecule has 1 aliphatic heterocycles. The molecule has 0 bridgehead atoms. The fraction of sp³-hybridized carbons (Fsp3) is 0.333. The van der Waals surface area contributed by atoms with Crippen molar-refractivity contribution >= 4 is 6.21 Å². The van der Waals surface area contributed by atoms with Crippen molar-refractivity contribution in [3.05, 3.63) is 53.4 Å². The highest BCUT2D eigenvalue weighted by Crippen LogP contribution is 2.26. The van der Waals surface area contributed by atoms with Crippen molar-refractivity contribution in [1.29, 1.82) is 0 Å². The van der Waals surface area contributed by atoms with Crippen molar-refractivity contribution in [2.75, 3.05) is 7.05 Å². The molecule has 3 heteroatoms. The highest BCUT2D eigenvalue weighted by atomic mass is 16.5. The topological polar surface area (TPSA) is 34.5 Å². The smallest absolute Gasteiger partial charge is 0.0872 e. The molecule has 1 unspecified atom stereocenters. The SMILES string of the molecule is C=C(C)/C(=C\C=NC)C1Cc2ccncc2CO1. The summed E-state index contributed by atoms with van der Waals surface area (Å²) in [5.41, 5.74) is 4.63. The number of hydrogen-bond donors (Lipinski definition) is 0. The van der Waals surface area contributed by atoms with Gasteiger partial charge in [-0.2, -0.15) is 0 Å². The minimum atomic E-state index is 0.0652. The van der Waals surface area contributed by atoms with Gasteiger partial charge in [0.15, 0.2) is 0 Å². The molecule has 2 heterocycles. The van der Waals surface area contributed by atoms with Gasteiger partial charge in [-0.3, -0.25) is 9.98 Å². The number of pyridine rings is 1. The Morgan fingerprint density at radius 1 is 1.56 bits per heavy atom. The first kappa shape index (κ1) is 12.7. The van der Waals surface area contributed by atoms with Crippen LogP contribution in [-0.2, 0) is 17.8 Å². The number of rotatable bonds is 3. The molecule has 0 aliphatic carbocycles. The normalized spacial score (nSPS) is 19.9. The maximum Gasteiger partial charge on any atom is 0.0872 e. The van der Waals surface area contributed by atoms with Gasteiger partial charge < -0.3 is 4.74 Å². The van der Waals surface area contributed by atoms with Gasteiger partial charge in [0.25, 0.3) is 0 Å². The van der Waals surface area contributed by atoms with Crippen LogP contribution in [0.4, 0.5) is 0 Å². The van der Waals surface area contributed by atoms with Crippen LogP contribution in [0.25, 0.3) is 0 Å². The van der Waals surface area contributed by atoms with Crippen LogP contribution < -0.4 is 0 Å². The van der Waals surface area contributed by atoms with E-state index in [9.17, 15) is 0 Å². The predicted octanol–water partition coefficient (Wildman–Crippen LogP) is 2.73. The third-order valence-corrected chi connectivity index (χ3v) is 3.09. The standard InChI is InChI=1S/C15H18N2O/c1-11(2)14(5-6-16-3)15-8-12-4-7-17-9-13(12)10-18-15/h4-7,9,15H,1,8,10H2,2-3H3/b14-5+,16-6?. The van der Waals surface area contributed by atoms with Crippen molar-refractivity contribution in [3.8, 4) is 0 Å². The van der Waals surface area contributed by atoms with Crippen molar-refractivity contribution in [3.63, 3.8) is 0 Å². The molecule has 0 N–H and O–H groups in total. The summed E-state index contributed by atoms with van der Waals surface area (Å²) in [4.78, 5) is 8.11. The summed E-state index contributed by atoms with van der Waals surface area (Å²) < 4.78 is 5.89.